The van der Waals surface area contributed by atoms with Gasteiger partial charge in [0, 0.05) is 0 Å². The topological polar surface area (TPSA) is 35.2 Å². The number of rotatable bonds is 7. The van der Waals surface area contributed by atoms with E-state index in [-0.39, 0.29) is 0 Å². The van der Waals surface area contributed by atoms with Gasteiger partial charge in [0.2, 0.25) is 0 Å². The maximum Gasteiger partial charge on any atom is 0.119 e. The van der Waals surface area contributed by atoms with Crippen molar-refractivity contribution in [1.82, 2.24) is 0 Å². The number of hydrogen-bond donors (Lipinski definition) is 1. The van der Waals surface area contributed by atoms with Crippen molar-refractivity contribution in [3.63, 3.8) is 0 Å². The van der Waals surface area contributed by atoms with Crippen molar-refractivity contribution in [2.24, 2.45) is 11.7 Å². The lowest BCUT2D eigenvalue weighted by Crippen LogP contribution is -2.00. The molecule has 1 aliphatic rings. The predicted molar refractivity (Wildman–Crippen MR) is 66.7 cm³/mol. The standard InChI is InChI=1S/C14H21NO/c15-10-2-1-3-12-6-8-14(9-7-12)16-11-13-4-5-13/h6-9,13H,1-5,10-11,15H2. The highest BCUT2D eigenvalue weighted by Gasteiger charge is 2.21. The molecule has 0 unspecified atom stereocenters. The molecular formula is C14H21NO. The van der Waals surface area contributed by atoms with E-state index in [4.69, 9.17) is 10.5 Å². The fourth-order valence-corrected chi connectivity index (χ4v) is 1.72. The minimum Gasteiger partial charge on any atom is -0.493 e. The maximum atomic E-state index is 5.69. The zero-order chi connectivity index (χ0) is 11.2. The summed E-state index contributed by atoms with van der Waals surface area (Å²) in [6.07, 6.45) is 6.10. The summed E-state index contributed by atoms with van der Waals surface area (Å²) in [4.78, 5) is 0. The van der Waals surface area contributed by atoms with Crippen molar-refractivity contribution >= 4 is 0 Å². The van der Waals surface area contributed by atoms with Crippen LogP contribution in [0.1, 0.15) is 31.2 Å². The van der Waals surface area contributed by atoms with Gasteiger partial charge in [-0.3, -0.25) is 0 Å². The van der Waals surface area contributed by atoms with Gasteiger partial charge < -0.3 is 10.5 Å². The smallest absolute Gasteiger partial charge is 0.119 e. The molecule has 1 aromatic carbocycles. The average Bonchev–Trinajstić information content (AvgIpc) is 3.12. The van der Waals surface area contributed by atoms with Crippen molar-refractivity contribution in [3.8, 4) is 5.75 Å². The highest BCUT2D eigenvalue weighted by molar-refractivity contribution is 5.27. The van der Waals surface area contributed by atoms with Crippen molar-refractivity contribution in [2.75, 3.05) is 13.2 Å². The molecule has 0 aliphatic heterocycles. The molecule has 1 fully saturated rings. The second-order valence-electron chi connectivity index (χ2n) is 4.64. The molecule has 0 radical (unpaired) electrons. The lowest BCUT2D eigenvalue weighted by Gasteiger charge is -2.06. The van der Waals surface area contributed by atoms with Crippen LogP contribution in [0, 0.1) is 5.92 Å². The normalized spacial score (nSPS) is 15.1. The molecule has 16 heavy (non-hydrogen) atoms. The highest BCUT2D eigenvalue weighted by Crippen LogP contribution is 2.29. The number of unbranched alkanes of at least 4 members (excludes halogenated alkanes) is 1. The van der Waals surface area contributed by atoms with E-state index in [9.17, 15) is 0 Å². The first-order valence-corrected chi connectivity index (χ1v) is 6.30. The zero-order valence-electron chi connectivity index (χ0n) is 9.82. The number of hydrogen-bond acceptors (Lipinski definition) is 2. The number of ether oxygens (including phenoxy) is 1. The molecule has 0 spiro atoms. The second kappa shape index (κ2) is 5.90. The quantitative estimate of drug-likeness (QED) is 0.716. The molecule has 2 rings (SSSR count). The Morgan fingerprint density at radius 1 is 1.12 bits per heavy atom. The summed E-state index contributed by atoms with van der Waals surface area (Å²) in [7, 11) is 0. The molecular weight excluding hydrogens is 198 g/mol. The van der Waals surface area contributed by atoms with Gasteiger partial charge in [0.15, 0.2) is 0 Å². The predicted octanol–water partition coefficient (Wildman–Crippen LogP) is 2.76. The molecule has 0 heterocycles. The number of aryl methyl sites for hydroxylation is 1. The molecule has 1 saturated carbocycles. The van der Waals surface area contributed by atoms with E-state index in [0.717, 1.165) is 37.7 Å². The van der Waals surface area contributed by atoms with E-state index in [0.29, 0.717) is 0 Å². The lowest BCUT2D eigenvalue weighted by molar-refractivity contribution is 0.299. The maximum absolute atomic E-state index is 5.69. The van der Waals surface area contributed by atoms with E-state index in [1.165, 1.54) is 24.8 Å². The molecule has 1 aliphatic carbocycles. The van der Waals surface area contributed by atoms with Crippen LogP contribution in [0.25, 0.3) is 0 Å². The van der Waals surface area contributed by atoms with Crippen LogP contribution in [0.4, 0.5) is 0 Å². The Hall–Kier alpha value is -1.02. The Morgan fingerprint density at radius 3 is 2.50 bits per heavy atom. The molecule has 2 nitrogen and oxygen atoms in total. The van der Waals surface area contributed by atoms with Crippen molar-refractivity contribution in [2.45, 2.75) is 32.1 Å². The van der Waals surface area contributed by atoms with Crippen LogP contribution in [-0.4, -0.2) is 13.2 Å². The fourth-order valence-electron chi connectivity index (χ4n) is 1.72. The van der Waals surface area contributed by atoms with E-state index in [1.807, 2.05) is 0 Å². The molecule has 1 aromatic rings. The second-order valence-corrected chi connectivity index (χ2v) is 4.64. The van der Waals surface area contributed by atoms with Gasteiger partial charge in [-0.25, -0.2) is 0 Å². The Bertz CT molecular complexity index is 303. The largest absolute Gasteiger partial charge is 0.493 e. The van der Waals surface area contributed by atoms with Gasteiger partial charge in [-0.1, -0.05) is 12.1 Å². The Morgan fingerprint density at radius 2 is 1.88 bits per heavy atom. The monoisotopic (exact) mass is 219 g/mol. The van der Waals surface area contributed by atoms with Crippen molar-refractivity contribution in [1.29, 1.82) is 0 Å². The first-order valence-electron chi connectivity index (χ1n) is 6.30. The van der Waals surface area contributed by atoms with Gasteiger partial charge in [-0.2, -0.15) is 0 Å². The Labute approximate surface area is 97.8 Å². The van der Waals surface area contributed by atoms with Gasteiger partial charge in [-0.05, 0) is 62.3 Å². The molecule has 2 N–H and O–H groups in total. The molecule has 0 amide bonds. The first-order chi connectivity index (χ1) is 7.88. The van der Waals surface area contributed by atoms with Crippen LogP contribution >= 0.6 is 0 Å². The van der Waals surface area contributed by atoms with Crippen LogP contribution in [0.5, 0.6) is 5.75 Å². The van der Waals surface area contributed by atoms with E-state index in [2.05, 4.69) is 24.3 Å². The SMILES string of the molecule is NCCCCc1ccc(OCC2CC2)cc1. The van der Waals surface area contributed by atoms with Gasteiger partial charge >= 0.3 is 0 Å². The summed E-state index contributed by atoms with van der Waals surface area (Å²) in [5.74, 6) is 1.83. The minimum absolute atomic E-state index is 0.794. The van der Waals surface area contributed by atoms with E-state index < -0.39 is 0 Å². The van der Waals surface area contributed by atoms with Gasteiger partial charge in [0.25, 0.3) is 0 Å². The summed E-state index contributed by atoms with van der Waals surface area (Å²) < 4.78 is 5.69. The lowest BCUT2D eigenvalue weighted by atomic mass is 10.1. The third kappa shape index (κ3) is 3.86. The van der Waals surface area contributed by atoms with Crippen LogP contribution < -0.4 is 10.5 Å². The Kier molecular flexibility index (Phi) is 4.23. The Balaban J connectivity index is 1.74. The van der Waals surface area contributed by atoms with Gasteiger partial charge in [-0.15, -0.1) is 0 Å². The summed E-state index contributed by atoms with van der Waals surface area (Å²) in [6.45, 7) is 1.69. The first kappa shape index (κ1) is 11.5. The fraction of sp³-hybridized carbons (Fsp3) is 0.571. The summed E-state index contributed by atoms with van der Waals surface area (Å²) >= 11 is 0. The summed E-state index contributed by atoms with van der Waals surface area (Å²) in [6, 6.07) is 8.50. The number of benzene rings is 1. The molecule has 0 saturated heterocycles. The van der Waals surface area contributed by atoms with Gasteiger partial charge in [0.05, 0.1) is 6.61 Å². The minimum atomic E-state index is 0.794. The van der Waals surface area contributed by atoms with E-state index in [1.54, 1.807) is 0 Å². The summed E-state index contributed by atoms with van der Waals surface area (Å²) in [5, 5.41) is 0. The molecule has 0 bridgehead atoms. The van der Waals surface area contributed by atoms with Crippen LogP contribution in [0.2, 0.25) is 0 Å². The van der Waals surface area contributed by atoms with Crippen LogP contribution in [0.15, 0.2) is 24.3 Å². The van der Waals surface area contributed by atoms with E-state index >= 15 is 0 Å². The molecule has 0 atom stereocenters. The van der Waals surface area contributed by atoms with Crippen molar-refractivity contribution in [3.05, 3.63) is 29.8 Å². The van der Waals surface area contributed by atoms with Crippen molar-refractivity contribution < 1.29 is 4.74 Å². The molecule has 0 aromatic heterocycles. The van der Waals surface area contributed by atoms with Crippen LogP contribution in [0.3, 0.4) is 0 Å². The third-order valence-electron chi connectivity index (χ3n) is 3.03. The average molecular weight is 219 g/mol. The third-order valence-corrected chi connectivity index (χ3v) is 3.03. The molecule has 2 heteroatoms. The molecule has 88 valence electrons. The highest BCUT2D eigenvalue weighted by atomic mass is 16.5. The van der Waals surface area contributed by atoms with Crippen LogP contribution in [-0.2, 0) is 6.42 Å². The zero-order valence-corrected chi connectivity index (χ0v) is 9.82. The van der Waals surface area contributed by atoms with Gasteiger partial charge in [0.1, 0.15) is 5.75 Å². The summed E-state index contributed by atoms with van der Waals surface area (Å²) in [5.41, 5.74) is 6.85. The number of nitrogens with two attached hydrogens (primary N) is 1.